The predicted molar refractivity (Wildman–Crippen MR) is 114 cm³/mol. The molecule has 154 valence electrons. The minimum Gasteiger partial charge on any atom is -0.354 e. The van der Waals surface area contributed by atoms with Crippen molar-refractivity contribution in [2.24, 2.45) is 0 Å². The summed E-state index contributed by atoms with van der Waals surface area (Å²) in [6, 6.07) is 18.9. The van der Waals surface area contributed by atoms with Crippen LogP contribution in [0.1, 0.15) is 23.7 Å². The van der Waals surface area contributed by atoms with Crippen molar-refractivity contribution >= 4 is 33.4 Å². The number of hydrogen-bond donors (Lipinski definition) is 2. The highest BCUT2D eigenvalue weighted by Crippen LogP contribution is 2.35. The van der Waals surface area contributed by atoms with Crippen LogP contribution in [0.4, 0.5) is 0 Å². The Morgan fingerprint density at radius 1 is 1.03 bits per heavy atom. The first-order valence-electron chi connectivity index (χ1n) is 9.47. The van der Waals surface area contributed by atoms with E-state index >= 15 is 0 Å². The largest absolute Gasteiger partial charge is 0.354 e. The number of hydrogen-bond acceptors (Lipinski definition) is 5. The van der Waals surface area contributed by atoms with Crippen molar-refractivity contribution in [2.45, 2.75) is 29.0 Å². The zero-order valence-electron chi connectivity index (χ0n) is 15.9. The Morgan fingerprint density at radius 2 is 1.69 bits per heavy atom. The lowest BCUT2D eigenvalue weighted by Crippen LogP contribution is -2.38. The first-order valence-corrected chi connectivity index (χ1v) is 12.2. The molecule has 0 aromatic heterocycles. The summed E-state index contributed by atoms with van der Waals surface area (Å²) >= 11 is 1.46. The molecule has 2 aromatic rings. The van der Waals surface area contributed by atoms with E-state index in [4.69, 9.17) is 0 Å². The van der Waals surface area contributed by atoms with Crippen LogP contribution < -0.4 is 10.6 Å². The van der Waals surface area contributed by atoms with Crippen LogP contribution in [-0.2, 0) is 19.4 Å². The van der Waals surface area contributed by atoms with Crippen LogP contribution in [0.2, 0.25) is 0 Å². The summed E-state index contributed by atoms with van der Waals surface area (Å²) in [6.45, 7) is 0.197. The van der Waals surface area contributed by atoms with Crippen molar-refractivity contribution in [3.63, 3.8) is 0 Å². The smallest absolute Gasteiger partial charge is 0.238 e. The number of amides is 2. The third-order valence-electron chi connectivity index (χ3n) is 4.59. The van der Waals surface area contributed by atoms with Gasteiger partial charge in [0, 0.05) is 23.9 Å². The summed E-state index contributed by atoms with van der Waals surface area (Å²) < 4.78 is 22.9. The minimum absolute atomic E-state index is 0.00506. The Bertz CT molecular complexity index is 934. The first-order chi connectivity index (χ1) is 13.9. The molecule has 0 aliphatic carbocycles. The lowest BCUT2D eigenvalue weighted by Gasteiger charge is -2.17. The van der Waals surface area contributed by atoms with Gasteiger partial charge in [-0.1, -0.05) is 48.5 Å². The predicted octanol–water partition coefficient (Wildman–Crippen LogP) is 2.33. The van der Waals surface area contributed by atoms with Crippen molar-refractivity contribution in [3.05, 3.63) is 66.2 Å². The van der Waals surface area contributed by atoms with E-state index in [9.17, 15) is 18.0 Å². The fraction of sp³-hybridized carbons (Fsp3) is 0.333. The van der Waals surface area contributed by atoms with E-state index in [0.29, 0.717) is 6.42 Å². The molecule has 1 saturated heterocycles. The molecule has 1 aliphatic heterocycles. The number of thioether (sulfide) groups is 1. The van der Waals surface area contributed by atoms with Gasteiger partial charge in [0.1, 0.15) is 5.25 Å². The van der Waals surface area contributed by atoms with E-state index in [-0.39, 0.29) is 42.3 Å². The Kier molecular flexibility index (Phi) is 7.33. The number of rotatable bonds is 8. The zero-order chi connectivity index (χ0) is 20.7. The molecule has 0 radical (unpaired) electrons. The van der Waals surface area contributed by atoms with Gasteiger partial charge in [0.2, 0.25) is 11.8 Å². The van der Waals surface area contributed by atoms with Gasteiger partial charge in [0.05, 0.1) is 11.5 Å². The third-order valence-corrected chi connectivity index (χ3v) is 7.62. The van der Waals surface area contributed by atoms with Gasteiger partial charge >= 0.3 is 0 Å². The molecule has 8 heteroatoms. The van der Waals surface area contributed by atoms with Crippen LogP contribution in [0, 0.1) is 0 Å². The molecule has 29 heavy (non-hydrogen) atoms. The number of sulfone groups is 1. The molecule has 0 spiro atoms. The van der Waals surface area contributed by atoms with Crippen LogP contribution in [0.5, 0.6) is 0 Å². The van der Waals surface area contributed by atoms with Crippen molar-refractivity contribution in [3.8, 4) is 0 Å². The lowest BCUT2D eigenvalue weighted by atomic mass is 10.1. The van der Waals surface area contributed by atoms with Gasteiger partial charge in [-0.05, 0) is 24.1 Å². The first kappa shape index (κ1) is 21.4. The topological polar surface area (TPSA) is 92.3 Å². The zero-order valence-corrected chi connectivity index (χ0v) is 17.5. The van der Waals surface area contributed by atoms with Crippen molar-refractivity contribution < 1.29 is 18.0 Å². The summed E-state index contributed by atoms with van der Waals surface area (Å²) in [5, 5.41) is 5.14. The molecule has 1 heterocycles. The average Bonchev–Trinajstić information content (AvgIpc) is 3.05. The fourth-order valence-corrected chi connectivity index (χ4v) is 5.88. The molecule has 1 fully saturated rings. The number of nitrogens with one attached hydrogen (secondary N) is 2. The fourth-order valence-electron chi connectivity index (χ4n) is 3.14. The quantitative estimate of drug-likeness (QED) is 0.625. The van der Waals surface area contributed by atoms with Gasteiger partial charge < -0.3 is 10.6 Å². The normalized spacial score (nSPS) is 18.7. The van der Waals surface area contributed by atoms with Crippen LogP contribution in [0.3, 0.4) is 0 Å². The van der Waals surface area contributed by atoms with Crippen LogP contribution in [0.15, 0.2) is 65.6 Å². The maximum Gasteiger partial charge on any atom is 0.238 e. The third kappa shape index (κ3) is 6.61. The van der Waals surface area contributed by atoms with Crippen LogP contribution in [-0.4, -0.2) is 44.3 Å². The maximum atomic E-state index is 12.8. The minimum atomic E-state index is -3.03. The lowest BCUT2D eigenvalue weighted by molar-refractivity contribution is -0.122. The number of carbonyl (C=O) groups is 2. The van der Waals surface area contributed by atoms with Gasteiger partial charge in [0.15, 0.2) is 9.84 Å². The van der Waals surface area contributed by atoms with Gasteiger partial charge in [-0.3, -0.25) is 9.59 Å². The molecule has 0 saturated carbocycles. The number of benzene rings is 2. The van der Waals surface area contributed by atoms with E-state index in [2.05, 4.69) is 10.6 Å². The second-order valence-electron chi connectivity index (χ2n) is 6.93. The van der Waals surface area contributed by atoms with Crippen molar-refractivity contribution in [1.82, 2.24) is 10.6 Å². The SMILES string of the molecule is O=C(CCNC(=O)C(Sc1ccccc1)c1ccccc1)NC1CCS(=O)(=O)C1. The molecule has 6 nitrogen and oxygen atoms in total. The van der Waals surface area contributed by atoms with Crippen molar-refractivity contribution in [2.75, 3.05) is 18.1 Å². The highest BCUT2D eigenvalue weighted by molar-refractivity contribution is 8.00. The van der Waals surface area contributed by atoms with E-state index < -0.39 is 15.1 Å². The maximum absolute atomic E-state index is 12.8. The molecular weight excluding hydrogens is 408 g/mol. The van der Waals surface area contributed by atoms with Gasteiger partial charge in [-0.25, -0.2) is 8.42 Å². The van der Waals surface area contributed by atoms with Crippen LogP contribution in [0.25, 0.3) is 0 Å². The molecule has 2 atom stereocenters. The van der Waals surface area contributed by atoms with E-state index in [0.717, 1.165) is 10.5 Å². The highest BCUT2D eigenvalue weighted by Gasteiger charge is 2.29. The van der Waals surface area contributed by atoms with Gasteiger partial charge in [0.25, 0.3) is 0 Å². The molecule has 0 bridgehead atoms. The van der Waals surface area contributed by atoms with Gasteiger partial charge in [-0.15, -0.1) is 11.8 Å². The standard InChI is InChI=1S/C21H24N2O4S2/c24-19(23-17-12-14-29(26,27)15-17)11-13-22-21(25)20(16-7-3-1-4-8-16)28-18-9-5-2-6-10-18/h1-10,17,20H,11-15H2,(H,22,25)(H,23,24). The Hall–Kier alpha value is -2.32. The number of carbonyl (C=O) groups excluding carboxylic acids is 2. The van der Waals surface area contributed by atoms with Crippen LogP contribution >= 0.6 is 11.8 Å². The molecule has 2 N–H and O–H groups in total. The van der Waals surface area contributed by atoms with Gasteiger partial charge in [-0.2, -0.15) is 0 Å². The monoisotopic (exact) mass is 432 g/mol. The summed E-state index contributed by atoms with van der Waals surface area (Å²) in [7, 11) is -3.03. The summed E-state index contributed by atoms with van der Waals surface area (Å²) in [5.74, 6) is -0.306. The molecule has 2 amide bonds. The van der Waals surface area contributed by atoms with E-state index in [1.165, 1.54) is 11.8 Å². The molecule has 3 rings (SSSR count). The van der Waals surface area contributed by atoms with E-state index in [1.807, 2.05) is 60.7 Å². The molecular formula is C21H24N2O4S2. The Labute approximate surface area is 175 Å². The molecule has 2 unspecified atom stereocenters. The highest BCUT2D eigenvalue weighted by atomic mass is 32.2. The summed E-state index contributed by atoms with van der Waals surface area (Å²) in [4.78, 5) is 25.9. The average molecular weight is 433 g/mol. The summed E-state index contributed by atoms with van der Waals surface area (Å²) in [5.41, 5.74) is 0.888. The Balaban J connectivity index is 1.54. The Morgan fingerprint density at radius 3 is 2.31 bits per heavy atom. The van der Waals surface area contributed by atoms with Crippen molar-refractivity contribution in [1.29, 1.82) is 0 Å². The van der Waals surface area contributed by atoms with E-state index in [1.54, 1.807) is 0 Å². The summed E-state index contributed by atoms with van der Waals surface area (Å²) in [6.07, 6.45) is 0.560. The molecule has 1 aliphatic rings. The second kappa shape index (κ2) is 9.93. The second-order valence-corrected chi connectivity index (χ2v) is 10.3. The molecule has 2 aromatic carbocycles.